The van der Waals surface area contributed by atoms with E-state index in [1.807, 2.05) is 28.8 Å². The van der Waals surface area contributed by atoms with Gasteiger partial charge >= 0.3 is 0 Å². The van der Waals surface area contributed by atoms with E-state index in [0.717, 1.165) is 22.1 Å². The Bertz CT molecular complexity index is 842. The normalized spacial score (nSPS) is 11.0. The molecule has 8 heteroatoms. The van der Waals surface area contributed by atoms with Crippen molar-refractivity contribution in [1.82, 2.24) is 19.7 Å². The van der Waals surface area contributed by atoms with E-state index in [1.54, 1.807) is 37.3 Å². The van der Waals surface area contributed by atoms with Crippen LogP contribution in [-0.2, 0) is 17.0 Å². The van der Waals surface area contributed by atoms with Gasteiger partial charge in [-0.3, -0.25) is 9.55 Å². The first-order chi connectivity index (χ1) is 12.2. The van der Waals surface area contributed by atoms with E-state index >= 15 is 0 Å². The number of nitrogens with zero attached hydrogens (tertiary/aromatic N) is 4. The summed E-state index contributed by atoms with van der Waals surface area (Å²) in [5, 5.41) is 10.8. The van der Waals surface area contributed by atoms with E-state index < -0.39 is 0 Å². The highest BCUT2D eigenvalue weighted by molar-refractivity contribution is 7.98. The molecule has 0 saturated carbocycles. The van der Waals surface area contributed by atoms with Crippen LogP contribution in [0.5, 0.6) is 0 Å². The van der Waals surface area contributed by atoms with Crippen LogP contribution in [0.15, 0.2) is 47.9 Å². The Labute approximate surface area is 160 Å². The summed E-state index contributed by atoms with van der Waals surface area (Å²) >= 11 is 13.8. The van der Waals surface area contributed by atoms with E-state index in [9.17, 15) is 0 Å². The third kappa shape index (κ3) is 4.52. The van der Waals surface area contributed by atoms with E-state index in [2.05, 4.69) is 15.2 Å². The number of pyridine rings is 1. The van der Waals surface area contributed by atoms with Gasteiger partial charge in [0.25, 0.3) is 0 Å². The molecule has 0 saturated heterocycles. The van der Waals surface area contributed by atoms with E-state index in [1.165, 1.54) is 0 Å². The van der Waals surface area contributed by atoms with Crippen molar-refractivity contribution in [1.29, 1.82) is 0 Å². The first kappa shape index (κ1) is 18.2. The Balaban J connectivity index is 1.84. The lowest BCUT2D eigenvalue weighted by Crippen LogP contribution is -2.07. The lowest BCUT2D eigenvalue weighted by molar-refractivity contribution is 0.185. The number of ether oxygens (including phenoxy) is 1. The van der Waals surface area contributed by atoms with Crippen molar-refractivity contribution < 1.29 is 4.74 Å². The average molecular weight is 395 g/mol. The monoisotopic (exact) mass is 394 g/mol. The zero-order chi connectivity index (χ0) is 17.6. The van der Waals surface area contributed by atoms with Crippen molar-refractivity contribution in [2.75, 3.05) is 13.7 Å². The van der Waals surface area contributed by atoms with Crippen molar-refractivity contribution in [2.24, 2.45) is 0 Å². The van der Waals surface area contributed by atoms with Gasteiger partial charge in [-0.15, -0.1) is 10.2 Å². The van der Waals surface area contributed by atoms with Crippen molar-refractivity contribution in [3.05, 3.63) is 58.3 Å². The molecule has 0 aliphatic heterocycles. The van der Waals surface area contributed by atoms with Crippen LogP contribution in [0.1, 0.15) is 5.56 Å². The summed E-state index contributed by atoms with van der Waals surface area (Å²) < 4.78 is 7.27. The van der Waals surface area contributed by atoms with Gasteiger partial charge in [0.2, 0.25) is 0 Å². The zero-order valence-corrected chi connectivity index (χ0v) is 15.9. The van der Waals surface area contributed by atoms with E-state index in [-0.39, 0.29) is 0 Å². The second-order valence-corrected chi connectivity index (χ2v) is 7.00. The van der Waals surface area contributed by atoms with Crippen LogP contribution >= 0.6 is 35.0 Å². The van der Waals surface area contributed by atoms with Crippen molar-refractivity contribution in [2.45, 2.75) is 17.5 Å². The molecule has 0 bridgehead atoms. The smallest absolute Gasteiger partial charge is 0.191 e. The Kier molecular flexibility index (Phi) is 6.31. The number of benzene rings is 1. The zero-order valence-electron chi connectivity index (χ0n) is 13.5. The summed E-state index contributed by atoms with van der Waals surface area (Å²) in [6.07, 6.45) is 3.48. The third-order valence-corrected chi connectivity index (χ3v) is 5.15. The van der Waals surface area contributed by atoms with Crippen LogP contribution in [0.25, 0.3) is 11.4 Å². The van der Waals surface area contributed by atoms with Crippen LogP contribution in [0.4, 0.5) is 0 Å². The SMILES string of the molecule is COCCn1c(SCc2ccc(Cl)cc2Cl)nnc1-c1ccncc1. The molecule has 0 radical (unpaired) electrons. The van der Waals surface area contributed by atoms with Gasteiger partial charge in [-0.1, -0.05) is 41.0 Å². The molecule has 5 nitrogen and oxygen atoms in total. The van der Waals surface area contributed by atoms with Crippen LogP contribution in [0.3, 0.4) is 0 Å². The van der Waals surface area contributed by atoms with Crippen molar-refractivity contribution in [3.63, 3.8) is 0 Å². The summed E-state index contributed by atoms with van der Waals surface area (Å²) in [6, 6.07) is 9.34. The van der Waals surface area contributed by atoms with Gasteiger partial charge in [0.05, 0.1) is 13.2 Å². The number of aromatic nitrogens is 4. The molecular weight excluding hydrogens is 379 g/mol. The molecular formula is C17H16Cl2N4OS. The molecule has 0 aliphatic carbocycles. The molecule has 0 spiro atoms. The molecule has 0 amide bonds. The average Bonchev–Trinajstić information content (AvgIpc) is 3.02. The largest absolute Gasteiger partial charge is 0.383 e. The molecule has 3 rings (SSSR count). The Morgan fingerprint density at radius 1 is 1.12 bits per heavy atom. The van der Waals surface area contributed by atoms with Crippen molar-refractivity contribution >= 4 is 35.0 Å². The summed E-state index contributed by atoms with van der Waals surface area (Å²) in [4.78, 5) is 4.05. The number of methoxy groups -OCH3 is 1. The molecule has 25 heavy (non-hydrogen) atoms. The van der Waals surface area contributed by atoms with Gasteiger partial charge in [-0.2, -0.15) is 0 Å². The van der Waals surface area contributed by atoms with Gasteiger partial charge in [0, 0.05) is 40.9 Å². The highest BCUT2D eigenvalue weighted by atomic mass is 35.5. The number of rotatable bonds is 7. The maximum atomic E-state index is 6.25. The van der Waals surface area contributed by atoms with E-state index in [4.69, 9.17) is 27.9 Å². The molecule has 130 valence electrons. The minimum absolute atomic E-state index is 0.575. The standard InChI is InChI=1S/C17H16Cl2N4OS/c1-24-9-8-23-16(12-4-6-20-7-5-12)21-22-17(23)25-11-13-2-3-14(18)10-15(13)19/h2-7,10H,8-9,11H2,1H3. The molecule has 1 aromatic carbocycles. The summed E-state index contributed by atoms with van der Waals surface area (Å²) in [5.41, 5.74) is 1.97. The van der Waals surface area contributed by atoms with Gasteiger partial charge in [-0.05, 0) is 29.8 Å². The summed E-state index contributed by atoms with van der Waals surface area (Å²) in [6.45, 7) is 1.24. The van der Waals surface area contributed by atoms with E-state index in [0.29, 0.717) is 28.9 Å². The van der Waals surface area contributed by atoms with Gasteiger partial charge in [-0.25, -0.2) is 0 Å². The first-order valence-corrected chi connectivity index (χ1v) is 9.32. The lowest BCUT2D eigenvalue weighted by Gasteiger charge is -2.10. The molecule has 2 heterocycles. The van der Waals surface area contributed by atoms with Crippen LogP contribution in [-0.4, -0.2) is 33.5 Å². The maximum absolute atomic E-state index is 6.25. The molecule has 0 unspecified atom stereocenters. The Morgan fingerprint density at radius 2 is 1.92 bits per heavy atom. The fourth-order valence-corrected chi connectivity index (χ4v) is 3.80. The highest BCUT2D eigenvalue weighted by Gasteiger charge is 2.15. The summed E-state index contributed by atoms with van der Waals surface area (Å²) in [5.74, 6) is 1.47. The molecule has 0 N–H and O–H groups in total. The van der Waals surface area contributed by atoms with Gasteiger partial charge in [0.15, 0.2) is 11.0 Å². The first-order valence-electron chi connectivity index (χ1n) is 7.58. The number of hydrogen-bond donors (Lipinski definition) is 0. The fraction of sp³-hybridized carbons (Fsp3) is 0.235. The second-order valence-electron chi connectivity index (χ2n) is 5.21. The molecule has 0 aliphatic rings. The molecule has 0 fully saturated rings. The number of hydrogen-bond acceptors (Lipinski definition) is 5. The number of thioether (sulfide) groups is 1. The van der Waals surface area contributed by atoms with Crippen LogP contribution in [0.2, 0.25) is 10.0 Å². The minimum Gasteiger partial charge on any atom is -0.383 e. The van der Waals surface area contributed by atoms with Crippen LogP contribution < -0.4 is 0 Å². The summed E-state index contributed by atoms with van der Waals surface area (Å²) in [7, 11) is 1.68. The van der Waals surface area contributed by atoms with Gasteiger partial charge in [0.1, 0.15) is 0 Å². The highest BCUT2D eigenvalue weighted by Crippen LogP contribution is 2.29. The lowest BCUT2D eigenvalue weighted by atomic mass is 10.2. The molecule has 0 atom stereocenters. The quantitative estimate of drug-likeness (QED) is 0.548. The minimum atomic E-state index is 0.575. The predicted molar refractivity (Wildman–Crippen MR) is 101 cm³/mol. The second kappa shape index (κ2) is 8.67. The Morgan fingerprint density at radius 3 is 2.64 bits per heavy atom. The Hall–Kier alpha value is -1.60. The number of halogens is 2. The topological polar surface area (TPSA) is 52.8 Å². The predicted octanol–water partition coefficient (Wildman–Crippen LogP) is 4.59. The van der Waals surface area contributed by atoms with Crippen molar-refractivity contribution in [3.8, 4) is 11.4 Å². The fourth-order valence-electron chi connectivity index (χ4n) is 2.28. The van der Waals surface area contributed by atoms with Crippen LogP contribution in [0, 0.1) is 0 Å². The third-order valence-electron chi connectivity index (χ3n) is 3.55. The molecule has 3 aromatic rings. The molecule has 2 aromatic heterocycles. The van der Waals surface area contributed by atoms with Gasteiger partial charge < -0.3 is 4.74 Å². The maximum Gasteiger partial charge on any atom is 0.191 e.